The minimum absolute atomic E-state index is 0.00298. The number of aromatic amines is 2. The van der Waals surface area contributed by atoms with Crippen LogP contribution in [0.15, 0.2) is 146 Å². The van der Waals surface area contributed by atoms with Crippen molar-refractivity contribution in [2.45, 2.75) is 18.5 Å². The minimum atomic E-state index is -5.60. The van der Waals surface area contributed by atoms with Crippen LogP contribution in [0.1, 0.15) is 22.8 Å². The molecule has 9 rings (SSSR count). The second-order valence-electron chi connectivity index (χ2n) is 14.0. The summed E-state index contributed by atoms with van der Waals surface area (Å²) < 4.78 is 139. The van der Waals surface area contributed by atoms with E-state index in [2.05, 4.69) is 15.0 Å². The quantitative estimate of drug-likeness (QED) is 0.174. The molecular weight excluding hydrogens is 792 g/mol. The van der Waals surface area contributed by atoms with Crippen molar-refractivity contribution < 1.29 is 39.5 Å². The van der Waals surface area contributed by atoms with Gasteiger partial charge >= 0.3 is 18.5 Å². The third-order valence-corrected chi connectivity index (χ3v) is 10.3. The highest BCUT2D eigenvalue weighted by atomic mass is 19.4. The van der Waals surface area contributed by atoms with E-state index in [1.807, 2.05) is 0 Å². The van der Waals surface area contributed by atoms with Gasteiger partial charge in [0.25, 0.3) is 0 Å². The van der Waals surface area contributed by atoms with Crippen LogP contribution >= 0.6 is 0 Å². The maximum absolute atomic E-state index is 15.6. The minimum Gasteiger partial charge on any atom is -0.354 e. The van der Waals surface area contributed by atoms with Gasteiger partial charge < -0.3 is 9.97 Å². The molecule has 4 aromatic carbocycles. The van der Waals surface area contributed by atoms with Crippen molar-refractivity contribution >= 4 is 44.9 Å². The molecule has 2 aliphatic rings. The number of fused-ring (bicyclic) bond motifs is 8. The van der Waals surface area contributed by atoms with Crippen molar-refractivity contribution in [3.63, 3.8) is 0 Å². The summed E-state index contributed by atoms with van der Waals surface area (Å²) in [7, 11) is 0. The predicted molar refractivity (Wildman–Crippen MR) is 216 cm³/mol. The highest BCUT2D eigenvalue weighted by Crippen LogP contribution is 2.53. The number of nitrogens with one attached hydrogen (secondary N) is 2. The molecule has 0 radical (unpaired) electrons. The predicted octanol–water partition coefficient (Wildman–Crippen LogP) is 14.1. The fourth-order valence-corrected chi connectivity index (χ4v) is 7.82. The van der Waals surface area contributed by atoms with E-state index in [0.29, 0.717) is 5.56 Å². The van der Waals surface area contributed by atoms with Crippen molar-refractivity contribution in [3.05, 3.63) is 168 Å². The zero-order valence-corrected chi connectivity index (χ0v) is 30.7. The SMILES string of the molecule is FC(F)(F)C1=Cc2nc1c(-c1ccccc1)c1ccc([nH]1)c(-c1ccccc1)c1nc(c(-c3ccccc3)c3ccc([nH]3)c2-c2ccccc2)C(C(F)(F)F)=C1C(F)(F)F. The lowest BCUT2D eigenvalue weighted by Crippen LogP contribution is -2.18. The molecule has 0 unspecified atom stereocenters. The lowest BCUT2D eigenvalue weighted by Gasteiger charge is -2.17. The number of benzene rings is 4. The first-order chi connectivity index (χ1) is 28.7. The van der Waals surface area contributed by atoms with Crippen LogP contribution in [0.2, 0.25) is 0 Å². The van der Waals surface area contributed by atoms with Crippen LogP contribution < -0.4 is 0 Å². The Hall–Kier alpha value is -7.15. The summed E-state index contributed by atoms with van der Waals surface area (Å²) in [6, 6.07) is 36.8. The molecule has 4 nitrogen and oxygen atoms in total. The van der Waals surface area contributed by atoms with Gasteiger partial charge in [0, 0.05) is 44.3 Å². The zero-order chi connectivity index (χ0) is 42.0. The average molecular weight is 819 g/mol. The number of allylic oxidation sites excluding steroid dienone is 3. The summed E-state index contributed by atoms with van der Waals surface area (Å²) in [4.78, 5) is 15.1. The molecule has 60 heavy (non-hydrogen) atoms. The third-order valence-electron chi connectivity index (χ3n) is 10.3. The number of alkyl halides is 9. The lowest BCUT2D eigenvalue weighted by molar-refractivity contribution is -0.0822. The number of rotatable bonds is 4. The molecule has 0 saturated heterocycles. The molecule has 13 heteroatoms. The van der Waals surface area contributed by atoms with Gasteiger partial charge in [0.2, 0.25) is 0 Å². The lowest BCUT2D eigenvalue weighted by atomic mass is 9.94. The van der Waals surface area contributed by atoms with Crippen molar-refractivity contribution in [2.75, 3.05) is 0 Å². The zero-order valence-electron chi connectivity index (χ0n) is 30.7. The summed E-state index contributed by atoms with van der Waals surface area (Å²) in [5, 5.41) is 0. The number of hydrogen-bond acceptors (Lipinski definition) is 2. The number of halogens is 9. The molecule has 8 bridgehead atoms. The van der Waals surface area contributed by atoms with Crippen LogP contribution in [0.4, 0.5) is 39.5 Å². The van der Waals surface area contributed by atoms with Gasteiger partial charge in [-0.05, 0) is 52.6 Å². The van der Waals surface area contributed by atoms with Crippen molar-refractivity contribution in [1.82, 2.24) is 19.9 Å². The second kappa shape index (κ2) is 14.3. The van der Waals surface area contributed by atoms with E-state index >= 15 is 39.5 Å². The van der Waals surface area contributed by atoms with Crippen molar-refractivity contribution in [2.24, 2.45) is 0 Å². The van der Waals surface area contributed by atoms with Gasteiger partial charge in [-0.25, -0.2) is 9.97 Å². The first-order valence-electron chi connectivity index (χ1n) is 18.4. The Balaban J connectivity index is 1.61. The third kappa shape index (κ3) is 6.75. The first-order valence-corrected chi connectivity index (χ1v) is 18.4. The first kappa shape index (κ1) is 38.4. The van der Waals surface area contributed by atoms with Gasteiger partial charge in [-0.1, -0.05) is 121 Å². The normalized spacial score (nSPS) is 13.4. The van der Waals surface area contributed by atoms with Gasteiger partial charge in [0.15, 0.2) is 0 Å². The van der Waals surface area contributed by atoms with Gasteiger partial charge in [-0.3, -0.25) is 0 Å². The molecule has 2 N–H and O–H groups in total. The summed E-state index contributed by atoms with van der Waals surface area (Å²) >= 11 is 0. The van der Waals surface area contributed by atoms with Crippen molar-refractivity contribution in [3.8, 4) is 44.5 Å². The van der Waals surface area contributed by atoms with E-state index in [-0.39, 0.29) is 66.7 Å². The average Bonchev–Trinajstić information content (AvgIpc) is 4.04. The van der Waals surface area contributed by atoms with E-state index in [9.17, 15) is 0 Å². The topological polar surface area (TPSA) is 57.4 Å². The molecular formula is C47H27F9N4. The fourth-order valence-electron chi connectivity index (χ4n) is 7.82. The molecule has 0 saturated carbocycles. The van der Waals surface area contributed by atoms with Crippen LogP contribution in [0, 0.1) is 0 Å². The van der Waals surface area contributed by atoms with Crippen LogP contribution in [0.25, 0.3) is 89.4 Å². The van der Waals surface area contributed by atoms with E-state index in [1.54, 1.807) is 72.8 Å². The highest BCUT2D eigenvalue weighted by Gasteiger charge is 2.52. The molecule has 0 fully saturated rings. The van der Waals surface area contributed by atoms with Crippen LogP contribution in [0.5, 0.6) is 0 Å². The Morgan fingerprint density at radius 3 is 0.983 bits per heavy atom. The molecule has 298 valence electrons. The number of aromatic nitrogens is 4. The monoisotopic (exact) mass is 818 g/mol. The summed E-state index contributed by atoms with van der Waals surface area (Å²) in [6.07, 6.45) is -15.2. The molecule has 2 aliphatic heterocycles. The molecule has 0 amide bonds. The van der Waals surface area contributed by atoms with Gasteiger partial charge in [-0.2, -0.15) is 39.5 Å². The number of H-pyrrole nitrogens is 2. The molecule has 5 heterocycles. The molecule has 0 spiro atoms. The Bertz CT molecular complexity index is 3010. The number of hydrogen-bond donors (Lipinski definition) is 2. The van der Waals surface area contributed by atoms with Crippen LogP contribution in [0.3, 0.4) is 0 Å². The Kier molecular flexibility index (Phi) is 9.14. The van der Waals surface area contributed by atoms with Gasteiger partial charge in [-0.15, -0.1) is 0 Å². The number of nitrogens with zero attached hydrogens (tertiary/aromatic N) is 2. The Morgan fingerprint density at radius 1 is 0.333 bits per heavy atom. The van der Waals surface area contributed by atoms with E-state index in [0.717, 1.165) is 6.08 Å². The largest absolute Gasteiger partial charge is 0.419 e. The smallest absolute Gasteiger partial charge is 0.354 e. The van der Waals surface area contributed by atoms with E-state index in [1.165, 1.54) is 72.8 Å². The van der Waals surface area contributed by atoms with Gasteiger partial charge in [0.1, 0.15) is 0 Å². The van der Waals surface area contributed by atoms with E-state index in [4.69, 9.17) is 4.98 Å². The Labute approximate surface area is 335 Å². The molecule has 0 aliphatic carbocycles. The maximum Gasteiger partial charge on any atom is 0.419 e. The summed E-state index contributed by atoms with van der Waals surface area (Å²) in [6.45, 7) is 0. The van der Waals surface area contributed by atoms with Crippen LogP contribution in [-0.4, -0.2) is 38.5 Å². The van der Waals surface area contributed by atoms with Gasteiger partial charge in [0.05, 0.1) is 39.5 Å². The van der Waals surface area contributed by atoms with E-state index < -0.39 is 52.3 Å². The second-order valence-corrected chi connectivity index (χ2v) is 14.0. The maximum atomic E-state index is 15.6. The Morgan fingerprint density at radius 2 is 0.650 bits per heavy atom. The fraction of sp³-hybridized carbons (Fsp3) is 0.0638. The van der Waals surface area contributed by atoms with Crippen molar-refractivity contribution in [1.29, 1.82) is 0 Å². The standard InChI is InChI=1S/C47H27F9N4/c48-45(49,50)30-25-35-36(26-13-5-1-6-14-26)31-21-22-33(57-31)38(28-17-9-3-10-18-28)43-40(46(51,52)53)41(47(54,55)56)44(60-43)39(29-19-11-4-12-20-29)34-24-23-32(58-34)37(42(30)59-35)27-15-7-2-8-16-27/h1-25,57-58H. The van der Waals surface area contributed by atoms with Crippen LogP contribution in [-0.2, 0) is 0 Å². The highest BCUT2D eigenvalue weighted by molar-refractivity contribution is 6.08. The molecule has 7 aromatic rings. The summed E-state index contributed by atoms with van der Waals surface area (Å²) in [5.41, 5.74) is -7.56. The summed E-state index contributed by atoms with van der Waals surface area (Å²) in [5.74, 6) is 0. The molecule has 0 atom stereocenters. The molecule has 3 aromatic heterocycles.